The van der Waals surface area contributed by atoms with Crippen molar-refractivity contribution in [1.29, 1.82) is 0 Å². The number of nitrogens with zero attached hydrogens (tertiary/aromatic N) is 3. The molecule has 2 aromatic rings. The highest BCUT2D eigenvalue weighted by Crippen LogP contribution is 2.26. The largest absolute Gasteiger partial charge is 0.355 e. The smallest absolute Gasteiger partial charge is 0.195 e. The average Bonchev–Trinajstić information content (AvgIpc) is 2.96. The Balaban J connectivity index is 2.30. The molecule has 0 radical (unpaired) electrons. The first kappa shape index (κ1) is 15.3. The Hall–Kier alpha value is -1.07. The third-order valence-corrected chi connectivity index (χ3v) is 4.48. The summed E-state index contributed by atoms with van der Waals surface area (Å²) in [7, 11) is 2.16. The normalized spacial score (nSPS) is 13.3. The SMILES string of the molecule is CCCC(C)N(C)c1nc2sccn2c1CNC(C)C. The van der Waals surface area contributed by atoms with Gasteiger partial charge in [-0.25, -0.2) is 4.98 Å². The summed E-state index contributed by atoms with van der Waals surface area (Å²) in [5, 5.41) is 5.61. The van der Waals surface area contributed by atoms with Gasteiger partial charge in [-0.3, -0.25) is 4.40 Å². The van der Waals surface area contributed by atoms with Crippen molar-refractivity contribution in [3.8, 4) is 0 Å². The van der Waals surface area contributed by atoms with Crippen LogP contribution in [0, 0.1) is 0 Å². The van der Waals surface area contributed by atoms with Gasteiger partial charge in [-0.2, -0.15) is 0 Å². The number of hydrogen-bond donors (Lipinski definition) is 1. The second-order valence-electron chi connectivity index (χ2n) is 5.72. The fourth-order valence-corrected chi connectivity index (χ4v) is 3.12. The minimum Gasteiger partial charge on any atom is -0.355 e. The number of thiazole rings is 1. The van der Waals surface area contributed by atoms with Gasteiger partial charge in [0.15, 0.2) is 10.8 Å². The van der Waals surface area contributed by atoms with Crippen LogP contribution in [-0.2, 0) is 6.54 Å². The summed E-state index contributed by atoms with van der Waals surface area (Å²) < 4.78 is 2.21. The van der Waals surface area contributed by atoms with E-state index in [-0.39, 0.29) is 0 Å². The van der Waals surface area contributed by atoms with E-state index in [4.69, 9.17) is 4.98 Å². The molecule has 1 atom stereocenters. The molecule has 4 nitrogen and oxygen atoms in total. The maximum Gasteiger partial charge on any atom is 0.195 e. The molecule has 0 aliphatic rings. The molecule has 2 aromatic heterocycles. The van der Waals surface area contributed by atoms with Crippen LogP contribution in [0.15, 0.2) is 11.6 Å². The van der Waals surface area contributed by atoms with Crippen LogP contribution in [0.4, 0.5) is 5.82 Å². The first-order valence-corrected chi connectivity index (χ1v) is 8.33. The Labute approximate surface area is 125 Å². The number of aromatic nitrogens is 2. The monoisotopic (exact) mass is 294 g/mol. The van der Waals surface area contributed by atoms with Crippen molar-refractivity contribution in [1.82, 2.24) is 14.7 Å². The highest BCUT2D eigenvalue weighted by Gasteiger charge is 2.19. The highest BCUT2D eigenvalue weighted by atomic mass is 32.1. The first-order valence-electron chi connectivity index (χ1n) is 7.45. The van der Waals surface area contributed by atoms with Gasteiger partial charge in [0.25, 0.3) is 0 Å². The van der Waals surface area contributed by atoms with E-state index in [1.165, 1.54) is 18.5 Å². The van der Waals surface area contributed by atoms with Crippen molar-refractivity contribution in [2.24, 2.45) is 0 Å². The minimum absolute atomic E-state index is 0.477. The van der Waals surface area contributed by atoms with Crippen LogP contribution in [0.1, 0.15) is 46.2 Å². The fourth-order valence-electron chi connectivity index (χ4n) is 2.39. The lowest BCUT2D eigenvalue weighted by atomic mass is 10.1. The molecule has 2 heterocycles. The van der Waals surface area contributed by atoms with Gasteiger partial charge in [0.1, 0.15) is 0 Å². The van der Waals surface area contributed by atoms with E-state index in [9.17, 15) is 0 Å². The Kier molecular flexibility index (Phi) is 5.05. The molecule has 0 fully saturated rings. The molecule has 20 heavy (non-hydrogen) atoms. The van der Waals surface area contributed by atoms with Crippen molar-refractivity contribution in [3.63, 3.8) is 0 Å². The summed E-state index contributed by atoms with van der Waals surface area (Å²) in [5.41, 5.74) is 1.26. The zero-order valence-electron chi connectivity index (χ0n) is 13.2. The summed E-state index contributed by atoms with van der Waals surface area (Å²) in [6.45, 7) is 9.71. The Morgan fingerprint density at radius 2 is 2.15 bits per heavy atom. The molecule has 0 bridgehead atoms. The van der Waals surface area contributed by atoms with Gasteiger partial charge < -0.3 is 10.2 Å². The maximum atomic E-state index is 4.82. The van der Waals surface area contributed by atoms with Crippen LogP contribution in [0.3, 0.4) is 0 Å². The summed E-state index contributed by atoms with van der Waals surface area (Å²) in [5.74, 6) is 1.12. The molecular formula is C15H26N4S. The number of rotatable bonds is 7. The number of anilines is 1. The molecule has 0 aliphatic carbocycles. The molecule has 0 amide bonds. The maximum absolute atomic E-state index is 4.82. The number of fused-ring (bicyclic) bond motifs is 1. The molecular weight excluding hydrogens is 268 g/mol. The number of hydrogen-bond acceptors (Lipinski definition) is 4. The molecule has 0 saturated carbocycles. The molecule has 0 aliphatic heterocycles. The van der Waals surface area contributed by atoms with Crippen LogP contribution in [0.25, 0.3) is 4.96 Å². The van der Waals surface area contributed by atoms with Gasteiger partial charge in [-0.05, 0) is 13.3 Å². The lowest BCUT2D eigenvalue weighted by molar-refractivity contribution is 0.572. The van der Waals surface area contributed by atoms with Crippen LogP contribution in [-0.4, -0.2) is 28.5 Å². The lowest BCUT2D eigenvalue weighted by Gasteiger charge is -2.26. The second kappa shape index (κ2) is 6.59. The van der Waals surface area contributed by atoms with Gasteiger partial charge in [0, 0.05) is 37.3 Å². The van der Waals surface area contributed by atoms with E-state index in [2.05, 4.69) is 60.9 Å². The molecule has 0 aromatic carbocycles. The molecule has 1 unspecified atom stereocenters. The third-order valence-electron chi connectivity index (χ3n) is 3.72. The van der Waals surface area contributed by atoms with Crippen molar-refractivity contribution in [3.05, 3.63) is 17.3 Å². The summed E-state index contributed by atoms with van der Waals surface area (Å²) >= 11 is 1.70. The third kappa shape index (κ3) is 3.15. The van der Waals surface area contributed by atoms with Gasteiger partial charge in [-0.1, -0.05) is 27.2 Å². The van der Waals surface area contributed by atoms with Gasteiger partial charge >= 0.3 is 0 Å². The summed E-state index contributed by atoms with van der Waals surface area (Å²) in [4.78, 5) is 8.22. The van der Waals surface area contributed by atoms with E-state index >= 15 is 0 Å². The van der Waals surface area contributed by atoms with Crippen molar-refractivity contribution in [2.75, 3.05) is 11.9 Å². The van der Waals surface area contributed by atoms with E-state index < -0.39 is 0 Å². The molecule has 112 valence electrons. The summed E-state index contributed by atoms with van der Waals surface area (Å²) in [6, 6.07) is 0.993. The van der Waals surface area contributed by atoms with Crippen LogP contribution < -0.4 is 10.2 Å². The topological polar surface area (TPSA) is 32.6 Å². The van der Waals surface area contributed by atoms with E-state index in [0.29, 0.717) is 12.1 Å². The van der Waals surface area contributed by atoms with Crippen molar-refractivity contribution < 1.29 is 0 Å². The zero-order chi connectivity index (χ0) is 14.7. The van der Waals surface area contributed by atoms with Crippen LogP contribution in [0.2, 0.25) is 0 Å². The highest BCUT2D eigenvalue weighted by molar-refractivity contribution is 7.15. The van der Waals surface area contributed by atoms with E-state index in [1.54, 1.807) is 11.3 Å². The lowest BCUT2D eigenvalue weighted by Crippen LogP contribution is -2.31. The first-order chi connectivity index (χ1) is 9.54. The number of imidazole rings is 1. The Morgan fingerprint density at radius 3 is 2.80 bits per heavy atom. The van der Waals surface area contributed by atoms with Gasteiger partial charge in [0.05, 0.1) is 5.69 Å². The van der Waals surface area contributed by atoms with Gasteiger partial charge in [0.2, 0.25) is 0 Å². The average molecular weight is 294 g/mol. The second-order valence-corrected chi connectivity index (χ2v) is 6.59. The van der Waals surface area contributed by atoms with E-state index in [1.807, 2.05) is 0 Å². The van der Waals surface area contributed by atoms with Gasteiger partial charge in [-0.15, -0.1) is 11.3 Å². The number of nitrogens with one attached hydrogen (secondary N) is 1. The fraction of sp³-hybridized carbons (Fsp3) is 0.667. The zero-order valence-corrected chi connectivity index (χ0v) is 14.0. The van der Waals surface area contributed by atoms with Crippen LogP contribution >= 0.6 is 11.3 Å². The summed E-state index contributed by atoms with van der Waals surface area (Å²) in [6.07, 6.45) is 4.51. The Morgan fingerprint density at radius 1 is 1.40 bits per heavy atom. The molecule has 0 spiro atoms. The molecule has 1 N–H and O–H groups in total. The van der Waals surface area contributed by atoms with Crippen molar-refractivity contribution >= 4 is 22.1 Å². The molecule has 5 heteroatoms. The Bertz CT molecular complexity index is 543. The molecule has 2 rings (SSSR count). The predicted octanol–water partition coefficient (Wildman–Crippen LogP) is 3.52. The minimum atomic E-state index is 0.477. The predicted molar refractivity (Wildman–Crippen MR) is 87.8 cm³/mol. The quantitative estimate of drug-likeness (QED) is 0.848. The van der Waals surface area contributed by atoms with E-state index in [0.717, 1.165) is 17.3 Å². The standard InChI is InChI=1S/C15H26N4S/c1-6-7-12(4)18(5)14-13(10-16-11(2)3)19-8-9-20-15(19)17-14/h8-9,11-12,16H,6-7,10H2,1-5H3. The van der Waals surface area contributed by atoms with Crippen molar-refractivity contribution in [2.45, 2.75) is 59.2 Å². The van der Waals surface area contributed by atoms with Crippen LogP contribution in [0.5, 0.6) is 0 Å². The molecule has 0 saturated heterocycles.